The Labute approximate surface area is 89.8 Å². The Balaban J connectivity index is 2.68. The Morgan fingerprint density at radius 2 is 2.27 bits per heavy atom. The molecular formula is C12H15NO2. The van der Waals surface area contributed by atoms with Gasteiger partial charge in [0.15, 0.2) is 0 Å². The van der Waals surface area contributed by atoms with Gasteiger partial charge < -0.3 is 4.74 Å². The molecule has 0 aliphatic heterocycles. The average molecular weight is 205 g/mol. The van der Waals surface area contributed by atoms with Gasteiger partial charge in [0.25, 0.3) is 0 Å². The number of ether oxygens (including phenoxy) is 1. The zero-order chi connectivity index (χ0) is 11.1. The Hall–Kier alpha value is -1.60. The monoisotopic (exact) mass is 205 g/mol. The second kappa shape index (κ2) is 5.99. The standard InChI is InChI=1S/C12H15NO2/c1-3-15-12-5-4-11(8-10(12)2)6-7-13-9-14/h4-5,8H,3,6-7H2,1-2H3. The highest BCUT2D eigenvalue weighted by Crippen LogP contribution is 2.19. The fourth-order valence-corrected chi connectivity index (χ4v) is 1.42. The molecule has 0 heterocycles. The zero-order valence-corrected chi connectivity index (χ0v) is 9.12. The molecule has 0 fully saturated rings. The summed E-state index contributed by atoms with van der Waals surface area (Å²) in [5.74, 6) is 0.917. The highest BCUT2D eigenvalue weighted by molar-refractivity contribution is 5.37. The number of isocyanates is 1. The SMILES string of the molecule is CCOc1ccc(CCN=C=O)cc1C. The van der Waals surface area contributed by atoms with Crippen molar-refractivity contribution in [2.24, 2.45) is 4.99 Å². The minimum Gasteiger partial charge on any atom is -0.494 e. The number of carbonyl (C=O) groups excluding carboxylic acids is 1. The Bertz CT molecular complexity index is 368. The van der Waals surface area contributed by atoms with E-state index in [9.17, 15) is 4.79 Å². The van der Waals surface area contributed by atoms with E-state index in [1.807, 2.05) is 26.0 Å². The molecule has 15 heavy (non-hydrogen) atoms. The molecule has 0 aliphatic rings. The lowest BCUT2D eigenvalue weighted by atomic mass is 10.1. The third kappa shape index (κ3) is 3.56. The Kier molecular flexibility index (Phi) is 4.58. The van der Waals surface area contributed by atoms with E-state index in [0.717, 1.165) is 23.3 Å². The minimum atomic E-state index is 0.497. The van der Waals surface area contributed by atoms with Gasteiger partial charge in [0, 0.05) is 0 Å². The zero-order valence-electron chi connectivity index (χ0n) is 9.12. The maximum atomic E-state index is 9.89. The van der Waals surface area contributed by atoms with Crippen LogP contribution in [0.25, 0.3) is 0 Å². The van der Waals surface area contributed by atoms with E-state index in [4.69, 9.17) is 4.74 Å². The summed E-state index contributed by atoms with van der Waals surface area (Å²) < 4.78 is 5.43. The number of aryl methyl sites for hydroxylation is 1. The van der Waals surface area contributed by atoms with Crippen molar-refractivity contribution in [2.45, 2.75) is 20.3 Å². The molecule has 0 aromatic heterocycles. The van der Waals surface area contributed by atoms with Crippen LogP contribution in [0.2, 0.25) is 0 Å². The van der Waals surface area contributed by atoms with Gasteiger partial charge >= 0.3 is 0 Å². The summed E-state index contributed by atoms with van der Waals surface area (Å²) in [7, 11) is 0. The van der Waals surface area contributed by atoms with Gasteiger partial charge in [0.2, 0.25) is 6.08 Å². The van der Waals surface area contributed by atoms with E-state index in [2.05, 4.69) is 11.1 Å². The van der Waals surface area contributed by atoms with Crippen molar-refractivity contribution in [3.8, 4) is 5.75 Å². The van der Waals surface area contributed by atoms with Crippen molar-refractivity contribution in [2.75, 3.05) is 13.2 Å². The smallest absolute Gasteiger partial charge is 0.234 e. The first-order valence-electron chi connectivity index (χ1n) is 5.04. The van der Waals surface area contributed by atoms with Crippen LogP contribution in [0.15, 0.2) is 23.2 Å². The van der Waals surface area contributed by atoms with Crippen LogP contribution in [-0.2, 0) is 11.2 Å². The molecule has 1 aromatic carbocycles. The number of benzene rings is 1. The summed E-state index contributed by atoms with van der Waals surface area (Å²) >= 11 is 0. The number of nitrogens with zero attached hydrogens (tertiary/aromatic N) is 1. The van der Waals surface area contributed by atoms with Gasteiger partial charge in [0.05, 0.1) is 13.2 Å². The van der Waals surface area contributed by atoms with Crippen molar-refractivity contribution in [1.29, 1.82) is 0 Å². The van der Waals surface area contributed by atoms with E-state index < -0.39 is 0 Å². The second-order valence-electron chi connectivity index (χ2n) is 3.26. The van der Waals surface area contributed by atoms with Gasteiger partial charge in [-0.2, -0.15) is 0 Å². The van der Waals surface area contributed by atoms with Crippen LogP contribution in [0.1, 0.15) is 18.1 Å². The van der Waals surface area contributed by atoms with E-state index in [1.165, 1.54) is 6.08 Å². The second-order valence-corrected chi connectivity index (χ2v) is 3.26. The average Bonchev–Trinajstić information content (AvgIpc) is 2.23. The van der Waals surface area contributed by atoms with Gasteiger partial charge in [-0.15, -0.1) is 0 Å². The molecular weight excluding hydrogens is 190 g/mol. The van der Waals surface area contributed by atoms with E-state index in [0.29, 0.717) is 13.2 Å². The lowest BCUT2D eigenvalue weighted by Gasteiger charge is -2.08. The van der Waals surface area contributed by atoms with Crippen molar-refractivity contribution in [3.63, 3.8) is 0 Å². The van der Waals surface area contributed by atoms with Gasteiger partial charge in [-0.25, -0.2) is 9.79 Å². The van der Waals surface area contributed by atoms with Gasteiger partial charge in [0.1, 0.15) is 5.75 Å². The van der Waals surface area contributed by atoms with Crippen LogP contribution in [0.5, 0.6) is 5.75 Å². The van der Waals surface area contributed by atoms with Crippen LogP contribution in [-0.4, -0.2) is 19.2 Å². The van der Waals surface area contributed by atoms with Crippen molar-refractivity contribution < 1.29 is 9.53 Å². The Morgan fingerprint density at radius 1 is 1.47 bits per heavy atom. The largest absolute Gasteiger partial charge is 0.494 e. The Morgan fingerprint density at radius 3 is 2.87 bits per heavy atom. The third-order valence-corrected chi connectivity index (χ3v) is 2.12. The first-order chi connectivity index (χ1) is 7.27. The van der Waals surface area contributed by atoms with E-state index in [-0.39, 0.29) is 0 Å². The molecule has 0 radical (unpaired) electrons. The summed E-state index contributed by atoms with van der Waals surface area (Å²) in [5.41, 5.74) is 2.28. The van der Waals surface area contributed by atoms with Crippen molar-refractivity contribution >= 4 is 6.08 Å². The van der Waals surface area contributed by atoms with E-state index >= 15 is 0 Å². The summed E-state index contributed by atoms with van der Waals surface area (Å²) in [6.07, 6.45) is 2.30. The van der Waals surface area contributed by atoms with Crippen molar-refractivity contribution in [3.05, 3.63) is 29.3 Å². The molecule has 3 nitrogen and oxygen atoms in total. The number of hydrogen-bond acceptors (Lipinski definition) is 3. The number of hydrogen-bond donors (Lipinski definition) is 0. The van der Waals surface area contributed by atoms with Crippen LogP contribution >= 0.6 is 0 Å². The van der Waals surface area contributed by atoms with Crippen LogP contribution in [0.4, 0.5) is 0 Å². The normalized spacial score (nSPS) is 9.47. The predicted molar refractivity (Wildman–Crippen MR) is 59.0 cm³/mol. The quantitative estimate of drug-likeness (QED) is 0.546. The van der Waals surface area contributed by atoms with Crippen molar-refractivity contribution in [1.82, 2.24) is 0 Å². The molecule has 80 valence electrons. The highest BCUT2D eigenvalue weighted by Gasteiger charge is 2.00. The lowest BCUT2D eigenvalue weighted by Crippen LogP contribution is -1.96. The summed E-state index contributed by atoms with van der Waals surface area (Å²) in [4.78, 5) is 13.4. The summed E-state index contributed by atoms with van der Waals surface area (Å²) in [6.45, 7) is 5.15. The first kappa shape index (κ1) is 11.5. The molecule has 0 saturated carbocycles. The molecule has 3 heteroatoms. The molecule has 0 atom stereocenters. The molecule has 0 N–H and O–H groups in total. The molecule has 0 saturated heterocycles. The molecule has 0 amide bonds. The molecule has 0 unspecified atom stereocenters. The third-order valence-electron chi connectivity index (χ3n) is 2.12. The highest BCUT2D eigenvalue weighted by atomic mass is 16.5. The minimum absolute atomic E-state index is 0.497. The van der Waals surface area contributed by atoms with Crippen LogP contribution in [0, 0.1) is 6.92 Å². The maximum absolute atomic E-state index is 9.89. The van der Waals surface area contributed by atoms with Gasteiger partial charge in [-0.05, 0) is 37.5 Å². The van der Waals surface area contributed by atoms with Gasteiger partial charge in [-0.1, -0.05) is 12.1 Å². The summed E-state index contributed by atoms with van der Waals surface area (Å²) in [5, 5.41) is 0. The summed E-state index contributed by atoms with van der Waals surface area (Å²) in [6, 6.07) is 6.02. The van der Waals surface area contributed by atoms with E-state index in [1.54, 1.807) is 0 Å². The molecule has 0 aliphatic carbocycles. The first-order valence-corrected chi connectivity index (χ1v) is 5.04. The molecule has 1 aromatic rings. The fourth-order valence-electron chi connectivity index (χ4n) is 1.42. The van der Waals surface area contributed by atoms with Crippen LogP contribution < -0.4 is 4.74 Å². The molecule has 0 bridgehead atoms. The predicted octanol–water partition coefficient (Wildman–Crippen LogP) is 2.27. The molecule has 1 rings (SSSR count). The van der Waals surface area contributed by atoms with Crippen LogP contribution in [0.3, 0.4) is 0 Å². The number of aliphatic imine (C=N–C) groups is 1. The lowest BCUT2D eigenvalue weighted by molar-refractivity contribution is 0.338. The fraction of sp³-hybridized carbons (Fsp3) is 0.417. The molecule has 0 spiro atoms. The maximum Gasteiger partial charge on any atom is 0.234 e. The topological polar surface area (TPSA) is 38.7 Å². The number of rotatable bonds is 5. The van der Waals surface area contributed by atoms with Gasteiger partial charge in [-0.3, -0.25) is 0 Å².